The third kappa shape index (κ3) is 3.93. The summed E-state index contributed by atoms with van der Waals surface area (Å²) in [5.74, 6) is -0.404. The first-order valence-electron chi connectivity index (χ1n) is 11.1. The van der Waals surface area contributed by atoms with Gasteiger partial charge in [-0.05, 0) is 48.1 Å². The molecule has 1 aromatic heterocycles. The minimum atomic E-state index is -0.950. The number of benzene rings is 1. The molecule has 0 bridgehead atoms. The Hall–Kier alpha value is -2.83. The molecular weight excluding hydrogens is 394 g/mol. The lowest BCUT2D eigenvalue weighted by atomic mass is 9.98. The number of amides is 2. The highest BCUT2D eigenvalue weighted by Gasteiger charge is 2.65. The summed E-state index contributed by atoms with van der Waals surface area (Å²) >= 11 is 0. The van der Waals surface area contributed by atoms with Gasteiger partial charge in [-0.25, -0.2) is 4.79 Å². The van der Waals surface area contributed by atoms with Gasteiger partial charge in [-0.1, -0.05) is 45.9 Å². The Morgan fingerprint density at radius 3 is 2.52 bits per heavy atom. The molecule has 1 saturated carbocycles. The maximum atomic E-state index is 13.4. The maximum absolute atomic E-state index is 13.4. The molecule has 1 aromatic carbocycles. The molecule has 2 aliphatic rings. The van der Waals surface area contributed by atoms with E-state index in [1.807, 2.05) is 38.1 Å². The van der Waals surface area contributed by atoms with Crippen molar-refractivity contribution >= 4 is 28.7 Å². The van der Waals surface area contributed by atoms with Gasteiger partial charge in [0.1, 0.15) is 17.8 Å². The standard InChI is InChI=1S/C24H31N3O4/c1-12(2)9-18(26-22(28)17-10-14-7-5-6-8-16(14)25-17)23(29)27-11-15-19(13(3)4)20(15)21(27)24(30)31/h5-8,10,12-13,15,18-21,25H,9,11H2,1-4H3,(H,26,28)(H,30,31)/t15-,18+,19?,20?,21+/m1/s1. The lowest BCUT2D eigenvalue weighted by molar-refractivity contribution is -0.150. The van der Waals surface area contributed by atoms with E-state index in [2.05, 4.69) is 24.1 Å². The molecule has 0 spiro atoms. The second kappa shape index (κ2) is 8.02. The third-order valence-electron chi connectivity index (χ3n) is 6.79. The first-order valence-corrected chi connectivity index (χ1v) is 11.1. The van der Waals surface area contributed by atoms with Crippen molar-refractivity contribution in [2.75, 3.05) is 6.54 Å². The molecule has 5 atom stereocenters. The number of likely N-dealkylation sites (tertiary alicyclic amines) is 1. The van der Waals surface area contributed by atoms with Crippen molar-refractivity contribution in [3.63, 3.8) is 0 Å². The van der Waals surface area contributed by atoms with E-state index >= 15 is 0 Å². The number of carboxylic acids is 1. The number of aromatic amines is 1. The molecule has 0 radical (unpaired) electrons. The first kappa shape index (κ1) is 21.4. The van der Waals surface area contributed by atoms with Gasteiger partial charge in [-0.3, -0.25) is 9.59 Å². The number of aromatic nitrogens is 1. The van der Waals surface area contributed by atoms with Crippen LogP contribution in [0.25, 0.3) is 10.9 Å². The van der Waals surface area contributed by atoms with E-state index in [9.17, 15) is 19.5 Å². The summed E-state index contributed by atoms with van der Waals surface area (Å²) in [4.78, 5) is 43.0. The van der Waals surface area contributed by atoms with Crippen LogP contribution in [0, 0.1) is 29.6 Å². The number of piperidine rings is 1. The monoisotopic (exact) mass is 425 g/mol. The SMILES string of the molecule is CC(C)C[C@H](NC(=O)c1cc2ccccc2[nH]1)C(=O)N1C[C@@H]2C(C(C)C)C2[C@H]1C(=O)O. The first-order chi connectivity index (χ1) is 14.7. The normalized spacial score (nSPS) is 25.7. The predicted octanol–water partition coefficient (Wildman–Crippen LogP) is 3.13. The number of H-pyrrole nitrogens is 1. The number of nitrogens with one attached hydrogen (secondary N) is 2. The molecular formula is C24H31N3O4. The molecule has 2 fully saturated rings. The van der Waals surface area contributed by atoms with Crippen molar-refractivity contribution in [2.24, 2.45) is 29.6 Å². The zero-order valence-electron chi connectivity index (χ0n) is 18.5. The van der Waals surface area contributed by atoms with Crippen LogP contribution in [0.15, 0.2) is 30.3 Å². The van der Waals surface area contributed by atoms with E-state index in [1.165, 1.54) is 4.90 Å². The molecule has 4 rings (SSSR count). The van der Waals surface area contributed by atoms with Gasteiger partial charge in [0.05, 0.1) is 0 Å². The number of para-hydroxylation sites is 1. The summed E-state index contributed by atoms with van der Waals surface area (Å²) in [6.45, 7) is 8.65. The van der Waals surface area contributed by atoms with Crippen LogP contribution in [0.5, 0.6) is 0 Å². The summed E-state index contributed by atoms with van der Waals surface area (Å²) < 4.78 is 0. The van der Waals surface area contributed by atoms with Gasteiger partial charge in [0.15, 0.2) is 0 Å². The minimum absolute atomic E-state index is 0.0190. The number of hydrogen-bond donors (Lipinski definition) is 3. The maximum Gasteiger partial charge on any atom is 0.326 e. The predicted molar refractivity (Wildman–Crippen MR) is 117 cm³/mol. The van der Waals surface area contributed by atoms with E-state index in [1.54, 1.807) is 6.07 Å². The van der Waals surface area contributed by atoms with Gasteiger partial charge in [0, 0.05) is 17.4 Å². The van der Waals surface area contributed by atoms with Crippen LogP contribution >= 0.6 is 0 Å². The molecule has 1 aliphatic carbocycles. The Bertz CT molecular complexity index is 978. The van der Waals surface area contributed by atoms with Crippen molar-refractivity contribution in [3.8, 4) is 0 Å². The van der Waals surface area contributed by atoms with E-state index in [0.29, 0.717) is 30.5 Å². The van der Waals surface area contributed by atoms with Crippen LogP contribution in [-0.4, -0.2) is 51.4 Å². The van der Waals surface area contributed by atoms with Gasteiger partial charge in [-0.15, -0.1) is 0 Å². The zero-order valence-corrected chi connectivity index (χ0v) is 18.5. The van der Waals surface area contributed by atoms with Crippen LogP contribution in [0.4, 0.5) is 0 Å². The van der Waals surface area contributed by atoms with Gasteiger partial charge >= 0.3 is 5.97 Å². The number of rotatable bonds is 7. The average Bonchev–Trinajstić information content (AvgIpc) is 3.07. The van der Waals surface area contributed by atoms with Gasteiger partial charge in [-0.2, -0.15) is 0 Å². The molecule has 3 N–H and O–H groups in total. The highest BCUT2D eigenvalue weighted by Crippen LogP contribution is 2.58. The minimum Gasteiger partial charge on any atom is -0.480 e. The molecule has 166 valence electrons. The summed E-state index contributed by atoms with van der Waals surface area (Å²) in [7, 11) is 0. The Morgan fingerprint density at radius 1 is 1.19 bits per heavy atom. The smallest absolute Gasteiger partial charge is 0.326 e. The molecule has 2 heterocycles. The number of hydrogen-bond acceptors (Lipinski definition) is 3. The lowest BCUT2D eigenvalue weighted by Gasteiger charge is -2.31. The second-order valence-electron chi connectivity index (χ2n) is 9.76. The molecule has 2 unspecified atom stereocenters. The summed E-state index contributed by atoms with van der Waals surface area (Å²) in [5, 5.41) is 13.6. The largest absolute Gasteiger partial charge is 0.480 e. The summed E-state index contributed by atoms with van der Waals surface area (Å²) in [5.41, 5.74) is 1.24. The van der Waals surface area contributed by atoms with Gasteiger partial charge in [0.2, 0.25) is 5.91 Å². The molecule has 2 aromatic rings. The number of nitrogens with zero attached hydrogens (tertiary/aromatic N) is 1. The lowest BCUT2D eigenvalue weighted by Crippen LogP contribution is -2.54. The molecule has 1 saturated heterocycles. The van der Waals surface area contributed by atoms with Crippen LogP contribution in [0.1, 0.15) is 44.6 Å². The fourth-order valence-electron chi connectivity index (χ4n) is 5.45. The van der Waals surface area contributed by atoms with Crippen LogP contribution in [0.3, 0.4) is 0 Å². The van der Waals surface area contributed by atoms with Crippen molar-refractivity contribution in [2.45, 2.75) is 46.2 Å². The summed E-state index contributed by atoms with van der Waals surface area (Å²) in [6.07, 6.45) is 0.455. The number of aliphatic carboxylic acids is 1. The molecule has 7 nitrogen and oxygen atoms in total. The van der Waals surface area contributed by atoms with Gasteiger partial charge < -0.3 is 20.3 Å². The van der Waals surface area contributed by atoms with E-state index in [-0.39, 0.29) is 29.6 Å². The molecule has 1 aliphatic heterocycles. The Labute approximate surface area is 182 Å². The number of carbonyl (C=O) groups is 3. The Morgan fingerprint density at radius 2 is 1.90 bits per heavy atom. The quantitative estimate of drug-likeness (QED) is 0.634. The fraction of sp³-hybridized carbons (Fsp3) is 0.542. The third-order valence-corrected chi connectivity index (χ3v) is 6.79. The van der Waals surface area contributed by atoms with Crippen LogP contribution in [0.2, 0.25) is 0 Å². The van der Waals surface area contributed by atoms with E-state index < -0.39 is 18.1 Å². The van der Waals surface area contributed by atoms with Crippen molar-refractivity contribution in [1.82, 2.24) is 15.2 Å². The van der Waals surface area contributed by atoms with E-state index in [0.717, 1.165) is 10.9 Å². The van der Waals surface area contributed by atoms with Crippen molar-refractivity contribution in [3.05, 3.63) is 36.0 Å². The van der Waals surface area contributed by atoms with Crippen molar-refractivity contribution in [1.29, 1.82) is 0 Å². The van der Waals surface area contributed by atoms with Crippen LogP contribution < -0.4 is 5.32 Å². The molecule has 31 heavy (non-hydrogen) atoms. The number of carboxylic acid groups (broad SMARTS) is 1. The Kier molecular flexibility index (Phi) is 5.54. The average molecular weight is 426 g/mol. The van der Waals surface area contributed by atoms with Gasteiger partial charge in [0.25, 0.3) is 5.91 Å². The Balaban J connectivity index is 1.53. The molecule has 2 amide bonds. The highest BCUT2D eigenvalue weighted by atomic mass is 16.4. The fourth-order valence-corrected chi connectivity index (χ4v) is 5.45. The van der Waals surface area contributed by atoms with Crippen molar-refractivity contribution < 1.29 is 19.5 Å². The second-order valence-corrected chi connectivity index (χ2v) is 9.76. The number of carbonyl (C=O) groups excluding carboxylic acids is 2. The highest BCUT2D eigenvalue weighted by molar-refractivity contribution is 6.00. The topological polar surface area (TPSA) is 103 Å². The molecule has 7 heteroatoms. The van der Waals surface area contributed by atoms with E-state index in [4.69, 9.17) is 0 Å². The summed E-state index contributed by atoms with van der Waals surface area (Å²) in [6, 6.07) is 7.81. The van der Waals surface area contributed by atoms with Crippen LogP contribution in [-0.2, 0) is 9.59 Å². The zero-order chi connectivity index (χ0) is 22.4. The number of fused-ring (bicyclic) bond motifs is 2.